The van der Waals surface area contributed by atoms with Crippen LogP contribution >= 0.6 is 11.8 Å². The Hall–Kier alpha value is -4.27. The van der Waals surface area contributed by atoms with E-state index in [1.165, 1.54) is 93.1 Å². The Bertz CT molecular complexity index is 2600. The summed E-state index contributed by atoms with van der Waals surface area (Å²) in [4.78, 5) is 5.90. The Morgan fingerprint density at radius 2 is 1.26 bits per heavy atom. The van der Waals surface area contributed by atoms with Gasteiger partial charge in [-0.1, -0.05) is 163 Å². The second kappa shape index (κ2) is 12.2. The van der Waals surface area contributed by atoms with Crippen molar-refractivity contribution in [2.45, 2.75) is 124 Å². The summed E-state index contributed by atoms with van der Waals surface area (Å²) in [7, 11) is 0. The van der Waals surface area contributed by atoms with Gasteiger partial charge in [0.2, 0.25) is 0 Å². The van der Waals surface area contributed by atoms with Gasteiger partial charge in [-0.05, 0) is 147 Å². The van der Waals surface area contributed by atoms with Crippen molar-refractivity contribution < 1.29 is 0 Å². The maximum absolute atomic E-state index is 2.88. The molecule has 0 radical (unpaired) electrons. The zero-order chi connectivity index (χ0) is 39.3. The summed E-state index contributed by atoms with van der Waals surface area (Å²) in [6.45, 7) is 15.0. The molecule has 1 aliphatic heterocycles. The normalized spacial score (nSPS) is 29.5. The van der Waals surface area contributed by atoms with Gasteiger partial charge >= 0.3 is 0 Å². The molecule has 0 amide bonds. The quantitative estimate of drug-likeness (QED) is 0.179. The monoisotopic (exact) mass is 775 g/mol. The summed E-state index contributed by atoms with van der Waals surface area (Å²) in [5, 5.41) is 0. The topological polar surface area (TPSA) is 3.24 Å². The van der Waals surface area contributed by atoms with E-state index in [2.05, 4.69) is 180 Å². The smallest absolute Gasteiger partial charge is 0.0563 e. The van der Waals surface area contributed by atoms with Crippen LogP contribution in [0.4, 0.5) is 11.4 Å². The molecule has 4 bridgehead atoms. The molecule has 1 spiro atoms. The predicted octanol–water partition coefficient (Wildman–Crippen LogP) is 14.7. The largest absolute Gasteiger partial charge is 0.333 e. The molecule has 292 valence electrons. The Morgan fingerprint density at radius 1 is 0.586 bits per heavy atom. The molecule has 6 atom stereocenters. The first-order valence-corrected chi connectivity index (χ1v) is 23.3. The fourth-order valence-corrected chi connectivity index (χ4v) is 15.8. The molecule has 4 fully saturated rings. The highest BCUT2D eigenvalue weighted by molar-refractivity contribution is 7.99. The van der Waals surface area contributed by atoms with E-state index in [1.807, 2.05) is 0 Å². The van der Waals surface area contributed by atoms with Crippen molar-refractivity contribution in [1.82, 2.24) is 0 Å². The van der Waals surface area contributed by atoms with E-state index in [9.17, 15) is 0 Å². The van der Waals surface area contributed by atoms with Gasteiger partial charge in [-0.2, -0.15) is 0 Å². The second-order valence-corrected chi connectivity index (χ2v) is 22.1. The van der Waals surface area contributed by atoms with Crippen LogP contribution in [0.1, 0.15) is 120 Å². The number of hydrogen-bond acceptors (Lipinski definition) is 2. The van der Waals surface area contributed by atoms with E-state index in [-0.39, 0.29) is 27.7 Å². The zero-order valence-corrected chi connectivity index (χ0v) is 36.1. The van der Waals surface area contributed by atoms with Gasteiger partial charge in [0.25, 0.3) is 0 Å². The summed E-state index contributed by atoms with van der Waals surface area (Å²) in [5.74, 6) is 3.17. The zero-order valence-electron chi connectivity index (χ0n) is 35.2. The molecule has 58 heavy (non-hydrogen) atoms. The molecule has 4 saturated carbocycles. The van der Waals surface area contributed by atoms with Crippen molar-refractivity contribution in [3.63, 3.8) is 0 Å². The van der Waals surface area contributed by atoms with Crippen LogP contribution in [-0.4, -0.2) is 6.04 Å². The maximum atomic E-state index is 2.88. The molecule has 0 N–H and O–H groups in total. The number of allylic oxidation sites excluding steroid dienone is 2. The minimum atomic E-state index is -0.0153. The molecule has 7 aliphatic carbocycles. The first kappa shape index (κ1) is 35.7. The lowest BCUT2D eigenvalue weighted by Crippen LogP contribution is -2.44. The summed E-state index contributed by atoms with van der Waals surface area (Å²) in [6.07, 6.45) is 14.1. The van der Waals surface area contributed by atoms with Crippen molar-refractivity contribution in [1.29, 1.82) is 0 Å². The minimum absolute atomic E-state index is 0.0153. The van der Waals surface area contributed by atoms with Crippen molar-refractivity contribution in [3.05, 3.63) is 160 Å². The Kier molecular flexibility index (Phi) is 7.47. The van der Waals surface area contributed by atoms with Gasteiger partial charge in [-0.3, -0.25) is 0 Å². The van der Waals surface area contributed by atoms with Crippen LogP contribution in [-0.2, 0) is 21.7 Å². The van der Waals surface area contributed by atoms with Crippen molar-refractivity contribution in [2.24, 2.45) is 23.7 Å². The number of benzene rings is 5. The van der Waals surface area contributed by atoms with E-state index in [4.69, 9.17) is 0 Å². The minimum Gasteiger partial charge on any atom is -0.333 e. The highest BCUT2D eigenvalue weighted by Crippen LogP contribution is 2.73. The van der Waals surface area contributed by atoms with Crippen molar-refractivity contribution >= 4 is 28.7 Å². The molecule has 1 nitrogen and oxygen atoms in total. The molecule has 2 heteroatoms. The van der Waals surface area contributed by atoms with E-state index in [1.54, 1.807) is 22.3 Å². The van der Waals surface area contributed by atoms with Crippen LogP contribution in [0, 0.1) is 23.7 Å². The number of fused-ring (bicyclic) bond motifs is 5. The van der Waals surface area contributed by atoms with Gasteiger partial charge < -0.3 is 4.90 Å². The fourth-order valence-electron chi connectivity index (χ4n) is 14.4. The van der Waals surface area contributed by atoms with Crippen LogP contribution < -0.4 is 4.90 Å². The SMILES string of the molecule is CC1(C)CCC(C)(C)c2c(N(c3cccc4c3Sc3c(-c5ccccc5)cccc3C43C4CC5CC(C4)C3C5)C3C=CC4=C(C3)C(C)(C)c3ccccc34)cccc21. The number of rotatable bonds is 4. The predicted molar refractivity (Wildman–Crippen MR) is 243 cm³/mol. The first-order chi connectivity index (χ1) is 28.0. The van der Waals surface area contributed by atoms with E-state index in [0.29, 0.717) is 11.8 Å². The second-order valence-electron chi connectivity index (χ2n) is 21.1. The van der Waals surface area contributed by atoms with Gasteiger partial charge in [0.05, 0.1) is 11.7 Å². The molecule has 13 rings (SSSR count). The Balaban J connectivity index is 1.12. The summed E-state index contributed by atoms with van der Waals surface area (Å²) in [5.41, 5.74) is 18.1. The fraction of sp³-hybridized carbons (Fsp3) is 0.393. The summed E-state index contributed by atoms with van der Waals surface area (Å²) >= 11 is 2.10. The molecule has 8 aliphatic rings. The van der Waals surface area contributed by atoms with Crippen LogP contribution in [0.15, 0.2) is 137 Å². The Morgan fingerprint density at radius 3 is 2.07 bits per heavy atom. The molecular weight excluding hydrogens is 719 g/mol. The third-order valence-corrected chi connectivity index (χ3v) is 18.2. The van der Waals surface area contributed by atoms with Gasteiger partial charge in [-0.15, -0.1) is 0 Å². The van der Waals surface area contributed by atoms with Crippen LogP contribution in [0.5, 0.6) is 0 Å². The third kappa shape index (κ3) is 4.68. The highest BCUT2D eigenvalue weighted by Gasteiger charge is 2.65. The lowest BCUT2D eigenvalue weighted by atomic mass is 9.57. The van der Waals surface area contributed by atoms with Crippen molar-refractivity contribution in [3.8, 4) is 11.1 Å². The standard InChI is InChI=1S/C56H57NS/c1-53(2)27-28-54(3,4)50-43(53)20-13-23-48(50)57(38-25-26-41-40-17-10-11-19-42(40)55(5,6)47(41)33-38)49-24-14-22-45-52(49)58-51-39(35-15-8-7-9-16-35)18-12-21-44(51)56(45)37-30-34-29-36(32-37)46(56)31-34/h7-26,34,36-38,46H,27-33H2,1-6H3. The molecule has 5 aromatic rings. The molecular formula is C56H57NS. The first-order valence-electron chi connectivity index (χ1n) is 22.4. The van der Waals surface area contributed by atoms with E-state index < -0.39 is 0 Å². The number of anilines is 2. The van der Waals surface area contributed by atoms with Crippen molar-refractivity contribution in [2.75, 3.05) is 4.90 Å². The highest BCUT2D eigenvalue weighted by atomic mass is 32.2. The molecule has 6 unspecified atom stereocenters. The lowest BCUT2D eigenvalue weighted by molar-refractivity contribution is 0.181. The summed E-state index contributed by atoms with van der Waals surface area (Å²) < 4.78 is 0. The molecule has 0 saturated heterocycles. The maximum Gasteiger partial charge on any atom is 0.0563 e. The van der Waals surface area contributed by atoms with Crippen LogP contribution in [0.25, 0.3) is 16.7 Å². The molecule has 1 heterocycles. The van der Waals surface area contributed by atoms with E-state index in [0.717, 1.165) is 18.3 Å². The van der Waals surface area contributed by atoms with Gasteiger partial charge in [0.1, 0.15) is 0 Å². The van der Waals surface area contributed by atoms with Crippen LogP contribution in [0.3, 0.4) is 0 Å². The van der Waals surface area contributed by atoms with E-state index >= 15 is 0 Å². The average Bonchev–Trinajstić information content (AvgIpc) is 3.74. The van der Waals surface area contributed by atoms with Gasteiger partial charge in [0.15, 0.2) is 0 Å². The summed E-state index contributed by atoms with van der Waals surface area (Å²) in [6, 6.07) is 43.0. The Labute approximate surface area is 351 Å². The average molecular weight is 776 g/mol. The van der Waals surface area contributed by atoms with Gasteiger partial charge in [0, 0.05) is 26.3 Å². The third-order valence-electron chi connectivity index (χ3n) is 17.0. The molecule has 0 aromatic heterocycles. The number of hydrogen-bond donors (Lipinski definition) is 0. The lowest BCUT2D eigenvalue weighted by Gasteiger charge is -2.51. The van der Waals surface area contributed by atoms with Gasteiger partial charge in [-0.25, -0.2) is 0 Å². The van der Waals surface area contributed by atoms with Crippen LogP contribution in [0.2, 0.25) is 0 Å². The number of nitrogens with zero attached hydrogens (tertiary/aromatic N) is 1. The molecule has 5 aromatic carbocycles.